The first-order valence-corrected chi connectivity index (χ1v) is 6.66. The van der Waals surface area contributed by atoms with Crippen molar-refractivity contribution >= 4 is 40.8 Å². The third kappa shape index (κ3) is 3.36. The number of hydrogen-bond donors (Lipinski definition) is 1. The summed E-state index contributed by atoms with van der Waals surface area (Å²) >= 11 is 17.8. The molecule has 0 unspecified atom stereocenters. The van der Waals surface area contributed by atoms with Crippen LogP contribution < -0.4 is 0 Å². The van der Waals surface area contributed by atoms with Crippen LogP contribution in [-0.2, 0) is 11.2 Å². The van der Waals surface area contributed by atoms with Crippen molar-refractivity contribution in [2.45, 2.75) is 12.8 Å². The maximum Gasteiger partial charge on any atom is 0.303 e. The molecule has 0 amide bonds. The highest BCUT2D eigenvalue weighted by molar-refractivity contribution is 6.42. The topological polar surface area (TPSA) is 76.0 Å². The zero-order valence-electron chi connectivity index (χ0n) is 9.98. The summed E-state index contributed by atoms with van der Waals surface area (Å²) in [5.41, 5.74) is 1.42. The van der Waals surface area contributed by atoms with Crippen LogP contribution in [0.1, 0.15) is 12.1 Å². The average molecular weight is 333 g/mol. The number of aliphatic carboxylic acids is 1. The van der Waals surface area contributed by atoms with E-state index in [0.717, 1.165) is 0 Å². The fourth-order valence-corrected chi connectivity index (χ4v) is 2.10. The SMILES string of the molecule is O=C(O)CCc1nc(-c2ccnc(Cl)c2Cl)cnc1Cl. The largest absolute Gasteiger partial charge is 0.481 e. The Kier molecular flexibility index (Phi) is 4.75. The summed E-state index contributed by atoms with van der Waals surface area (Å²) in [6.07, 6.45) is 3.05. The van der Waals surface area contributed by atoms with Gasteiger partial charge >= 0.3 is 5.97 Å². The Morgan fingerprint density at radius 2 is 1.95 bits per heavy atom. The van der Waals surface area contributed by atoms with E-state index in [1.807, 2.05) is 0 Å². The molecule has 20 heavy (non-hydrogen) atoms. The molecule has 2 heterocycles. The van der Waals surface area contributed by atoms with Crippen LogP contribution in [0.5, 0.6) is 0 Å². The molecule has 0 aliphatic heterocycles. The molecule has 2 aromatic heterocycles. The number of rotatable bonds is 4. The minimum atomic E-state index is -0.932. The van der Waals surface area contributed by atoms with Crippen LogP contribution in [0.2, 0.25) is 15.3 Å². The van der Waals surface area contributed by atoms with Crippen LogP contribution in [0, 0.1) is 0 Å². The molecule has 2 rings (SSSR count). The number of aromatic nitrogens is 3. The van der Waals surface area contributed by atoms with Crippen molar-refractivity contribution in [3.05, 3.63) is 39.5 Å². The van der Waals surface area contributed by atoms with E-state index in [1.54, 1.807) is 6.07 Å². The Balaban J connectivity index is 2.40. The second-order valence-electron chi connectivity index (χ2n) is 3.85. The van der Waals surface area contributed by atoms with E-state index in [4.69, 9.17) is 39.9 Å². The molecule has 2 aromatic rings. The van der Waals surface area contributed by atoms with Crippen LogP contribution >= 0.6 is 34.8 Å². The summed E-state index contributed by atoms with van der Waals surface area (Å²) in [4.78, 5) is 22.7. The van der Waals surface area contributed by atoms with E-state index >= 15 is 0 Å². The summed E-state index contributed by atoms with van der Waals surface area (Å²) in [5.74, 6) is -0.932. The summed E-state index contributed by atoms with van der Waals surface area (Å²) in [6.45, 7) is 0. The van der Waals surface area contributed by atoms with Crippen molar-refractivity contribution in [3.63, 3.8) is 0 Å². The van der Waals surface area contributed by atoms with Gasteiger partial charge in [-0.25, -0.2) is 15.0 Å². The summed E-state index contributed by atoms with van der Waals surface area (Å²) < 4.78 is 0. The normalized spacial score (nSPS) is 10.6. The molecule has 1 N–H and O–H groups in total. The van der Waals surface area contributed by atoms with E-state index in [2.05, 4.69) is 15.0 Å². The van der Waals surface area contributed by atoms with Crippen molar-refractivity contribution in [1.82, 2.24) is 15.0 Å². The molecule has 0 fully saturated rings. The third-order valence-corrected chi connectivity index (χ3v) is 3.57. The summed E-state index contributed by atoms with van der Waals surface area (Å²) in [7, 11) is 0. The lowest BCUT2D eigenvalue weighted by atomic mass is 10.2. The van der Waals surface area contributed by atoms with Crippen molar-refractivity contribution < 1.29 is 9.90 Å². The third-order valence-electron chi connectivity index (χ3n) is 2.49. The fraction of sp³-hybridized carbons (Fsp3) is 0.167. The van der Waals surface area contributed by atoms with Crippen LogP contribution in [0.25, 0.3) is 11.3 Å². The van der Waals surface area contributed by atoms with Gasteiger partial charge in [-0.05, 0) is 6.07 Å². The summed E-state index contributed by atoms with van der Waals surface area (Å²) in [5, 5.41) is 9.29. The van der Waals surface area contributed by atoms with E-state index < -0.39 is 5.97 Å². The molecule has 8 heteroatoms. The van der Waals surface area contributed by atoms with Crippen LogP contribution in [-0.4, -0.2) is 26.0 Å². The van der Waals surface area contributed by atoms with Crippen LogP contribution in [0.3, 0.4) is 0 Å². The lowest BCUT2D eigenvalue weighted by molar-refractivity contribution is -0.136. The highest BCUT2D eigenvalue weighted by Gasteiger charge is 2.13. The van der Waals surface area contributed by atoms with Crippen LogP contribution in [0.4, 0.5) is 0 Å². The molecule has 0 bridgehead atoms. The highest BCUT2D eigenvalue weighted by atomic mass is 35.5. The van der Waals surface area contributed by atoms with Gasteiger partial charge in [0.2, 0.25) is 0 Å². The Morgan fingerprint density at radius 3 is 2.65 bits per heavy atom. The number of hydrogen-bond acceptors (Lipinski definition) is 4. The second kappa shape index (κ2) is 6.35. The number of nitrogens with zero attached hydrogens (tertiary/aromatic N) is 3. The van der Waals surface area contributed by atoms with Gasteiger partial charge in [0, 0.05) is 18.2 Å². The second-order valence-corrected chi connectivity index (χ2v) is 4.94. The molecular weight excluding hydrogens is 325 g/mol. The predicted molar refractivity (Wildman–Crippen MR) is 76.2 cm³/mol. The first-order chi connectivity index (χ1) is 9.49. The van der Waals surface area contributed by atoms with Gasteiger partial charge in [-0.3, -0.25) is 4.79 Å². The average Bonchev–Trinajstić information content (AvgIpc) is 2.41. The first-order valence-electron chi connectivity index (χ1n) is 5.52. The van der Waals surface area contributed by atoms with Gasteiger partial charge < -0.3 is 5.11 Å². The maximum atomic E-state index is 10.6. The Hall–Kier alpha value is -1.43. The molecule has 0 aliphatic rings. The van der Waals surface area contributed by atoms with E-state index in [9.17, 15) is 4.79 Å². The van der Waals surface area contributed by atoms with Crippen molar-refractivity contribution in [2.75, 3.05) is 0 Å². The standard InChI is InChI=1S/C12H8Cl3N3O2/c13-10-6(3-4-16-12(10)15)8-5-17-11(14)7(18-8)1-2-9(19)20/h3-5H,1-2H2,(H,19,20). The van der Waals surface area contributed by atoms with E-state index in [1.165, 1.54) is 12.4 Å². The molecule has 0 saturated carbocycles. The van der Waals surface area contributed by atoms with Crippen molar-refractivity contribution in [2.24, 2.45) is 0 Å². The minimum absolute atomic E-state index is 0.0807. The fourth-order valence-electron chi connectivity index (χ4n) is 1.54. The Morgan fingerprint density at radius 1 is 1.20 bits per heavy atom. The van der Waals surface area contributed by atoms with Gasteiger partial charge in [-0.15, -0.1) is 0 Å². The van der Waals surface area contributed by atoms with Crippen LogP contribution in [0.15, 0.2) is 18.5 Å². The van der Waals surface area contributed by atoms with Gasteiger partial charge in [0.1, 0.15) is 5.15 Å². The maximum absolute atomic E-state index is 10.6. The lowest BCUT2D eigenvalue weighted by Crippen LogP contribution is -2.02. The number of carbonyl (C=O) groups is 1. The number of pyridine rings is 1. The number of carboxylic acids is 1. The summed E-state index contributed by atoms with van der Waals surface area (Å²) in [6, 6.07) is 1.65. The molecule has 5 nitrogen and oxygen atoms in total. The van der Waals surface area contributed by atoms with Gasteiger partial charge in [0.05, 0.1) is 29.0 Å². The Labute approximate surface area is 129 Å². The molecule has 0 saturated heterocycles. The van der Waals surface area contributed by atoms with Crippen molar-refractivity contribution in [3.8, 4) is 11.3 Å². The van der Waals surface area contributed by atoms with Gasteiger partial charge in [-0.2, -0.15) is 0 Å². The van der Waals surface area contributed by atoms with Gasteiger partial charge in [-0.1, -0.05) is 34.8 Å². The molecule has 104 valence electrons. The molecule has 0 atom stereocenters. The molecule has 0 aromatic carbocycles. The quantitative estimate of drug-likeness (QED) is 0.867. The van der Waals surface area contributed by atoms with Crippen molar-refractivity contribution in [1.29, 1.82) is 0 Å². The van der Waals surface area contributed by atoms with E-state index in [0.29, 0.717) is 17.0 Å². The smallest absolute Gasteiger partial charge is 0.303 e. The highest BCUT2D eigenvalue weighted by Crippen LogP contribution is 2.31. The number of carboxylic acid groups (broad SMARTS) is 1. The number of halogens is 3. The zero-order valence-corrected chi connectivity index (χ0v) is 12.2. The first kappa shape index (κ1) is 15.0. The van der Waals surface area contributed by atoms with Gasteiger partial charge in [0.25, 0.3) is 0 Å². The lowest BCUT2D eigenvalue weighted by Gasteiger charge is -2.07. The predicted octanol–water partition coefficient (Wildman–Crippen LogP) is 3.52. The molecule has 0 radical (unpaired) electrons. The van der Waals surface area contributed by atoms with Gasteiger partial charge in [0.15, 0.2) is 5.15 Å². The van der Waals surface area contributed by atoms with E-state index in [-0.39, 0.29) is 28.2 Å². The molecule has 0 spiro atoms. The minimum Gasteiger partial charge on any atom is -0.481 e. The zero-order chi connectivity index (χ0) is 14.7. The Bertz CT molecular complexity index is 664. The number of aryl methyl sites for hydroxylation is 1. The molecular formula is C12H8Cl3N3O2. The molecule has 0 aliphatic carbocycles. The monoisotopic (exact) mass is 331 g/mol.